The Kier molecular flexibility index (Phi) is 3.56. The largest absolute Gasteiger partial charge is 0.379 e. The van der Waals surface area contributed by atoms with Gasteiger partial charge in [-0.15, -0.1) is 0 Å². The van der Waals surface area contributed by atoms with Crippen molar-refractivity contribution in [1.82, 2.24) is 14.7 Å². The zero-order valence-electron chi connectivity index (χ0n) is 12.4. The van der Waals surface area contributed by atoms with Crippen LogP contribution in [0.3, 0.4) is 0 Å². The first-order valence-electron chi connectivity index (χ1n) is 7.72. The number of amides is 1. The second-order valence-corrected chi connectivity index (χ2v) is 5.79. The molecule has 0 unspecified atom stereocenters. The molecule has 1 amide bonds. The van der Waals surface area contributed by atoms with Crippen LogP contribution in [0.25, 0.3) is 10.9 Å². The fourth-order valence-electron chi connectivity index (χ4n) is 3.36. The molecular formula is C16H19N3O3. The van der Waals surface area contributed by atoms with Crippen molar-refractivity contribution in [3.8, 4) is 0 Å². The Hall–Kier alpha value is -1.92. The number of morpholine rings is 1. The van der Waals surface area contributed by atoms with E-state index in [9.17, 15) is 4.79 Å². The number of hydrogen-bond acceptors (Lipinski definition) is 4. The third kappa shape index (κ3) is 2.38. The number of fused-ring (bicyclic) bond motifs is 2. The maximum atomic E-state index is 12.7. The Morgan fingerprint density at radius 2 is 2.23 bits per heavy atom. The van der Waals surface area contributed by atoms with Crippen LogP contribution < -0.4 is 0 Å². The van der Waals surface area contributed by atoms with Crippen molar-refractivity contribution in [3.63, 3.8) is 0 Å². The van der Waals surface area contributed by atoms with Crippen LogP contribution in [0, 0.1) is 0 Å². The summed E-state index contributed by atoms with van der Waals surface area (Å²) in [7, 11) is 0. The van der Waals surface area contributed by atoms with Gasteiger partial charge in [0.25, 0.3) is 0 Å². The second kappa shape index (κ2) is 5.70. The topological polar surface area (TPSA) is 56.6 Å². The molecule has 1 aromatic heterocycles. The minimum atomic E-state index is 0.0146. The molecule has 4 rings (SSSR count). The Balaban J connectivity index is 1.53. The van der Waals surface area contributed by atoms with Gasteiger partial charge in [-0.05, 0) is 12.5 Å². The summed E-state index contributed by atoms with van der Waals surface area (Å²) in [6.45, 7) is 2.78. The summed E-state index contributed by atoms with van der Waals surface area (Å²) < 4.78 is 13.0. The third-order valence-electron chi connectivity index (χ3n) is 4.49. The van der Waals surface area contributed by atoms with Crippen molar-refractivity contribution in [1.29, 1.82) is 0 Å². The lowest BCUT2D eigenvalue weighted by Gasteiger charge is -2.43. The molecule has 2 saturated heterocycles. The predicted octanol–water partition coefficient (Wildman–Crippen LogP) is 1.05. The van der Waals surface area contributed by atoms with Crippen molar-refractivity contribution in [2.24, 2.45) is 0 Å². The van der Waals surface area contributed by atoms with Gasteiger partial charge >= 0.3 is 0 Å². The number of aromatic nitrogens is 2. The summed E-state index contributed by atoms with van der Waals surface area (Å²) in [6.07, 6.45) is 2.66. The summed E-state index contributed by atoms with van der Waals surface area (Å²) in [4.78, 5) is 14.7. The number of hydrogen-bond donors (Lipinski definition) is 0. The van der Waals surface area contributed by atoms with Crippen LogP contribution in [-0.2, 0) is 20.8 Å². The fourth-order valence-corrected chi connectivity index (χ4v) is 3.36. The van der Waals surface area contributed by atoms with Crippen LogP contribution in [0.15, 0.2) is 30.5 Å². The molecule has 22 heavy (non-hydrogen) atoms. The van der Waals surface area contributed by atoms with E-state index < -0.39 is 0 Å². The molecule has 0 aliphatic carbocycles. The highest BCUT2D eigenvalue weighted by atomic mass is 16.5. The van der Waals surface area contributed by atoms with Gasteiger partial charge in [0.05, 0.1) is 31.0 Å². The smallest absolute Gasteiger partial charge is 0.244 e. The summed E-state index contributed by atoms with van der Waals surface area (Å²) >= 11 is 0. The number of rotatable bonds is 2. The minimum Gasteiger partial charge on any atom is -0.379 e. The molecular weight excluding hydrogens is 282 g/mol. The summed E-state index contributed by atoms with van der Waals surface area (Å²) in [6, 6.07) is 8.08. The molecule has 0 N–H and O–H groups in total. The molecule has 2 atom stereocenters. The van der Waals surface area contributed by atoms with Gasteiger partial charge in [-0.3, -0.25) is 9.48 Å². The van der Waals surface area contributed by atoms with Gasteiger partial charge in [0.1, 0.15) is 12.6 Å². The molecule has 2 fully saturated rings. The van der Waals surface area contributed by atoms with Crippen LogP contribution in [0.2, 0.25) is 0 Å². The summed E-state index contributed by atoms with van der Waals surface area (Å²) in [5, 5.41) is 5.40. The zero-order chi connectivity index (χ0) is 14.9. The van der Waals surface area contributed by atoms with E-state index in [1.807, 2.05) is 29.2 Å². The summed E-state index contributed by atoms with van der Waals surface area (Å²) in [5.41, 5.74) is 0.993. The number of carbonyl (C=O) groups is 1. The van der Waals surface area contributed by atoms with Crippen molar-refractivity contribution >= 4 is 16.8 Å². The van der Waals surface area contributed by atoms with Gasteiger partial charge < -0.3 is 14.4 Å². The monoisotopic (exact) mass is 301 g/mol. The van der Waals surface area contributed by atoms with E-state index in [1.54, 1.807) is 10.9 Å². The highest BCUT2D eigenvalue weighted by Crippen LogP contribution is 2.22. The molecule has 2 aliphatic rings. The Morgan fingerprint density at radius 3 is 3.18 bits per heavy atom. The van der Waals surface area contributed by atoms with Crippen LogP contribution >= 0.6 is 0 Å². The maximum absolute atomic E-state index is 12.7. The zero-order valence-corrected chi connectivity index (χ0v) is 12.4. The first-order chi connectivity index (χ1) is 10.8. The Morgan fingerprint density at radius 1 is 1.32 bits per heavy atom. The molecule has 3 heterocycles. The molecule has 1 aromatic carbocycles. The Labute approximate surface area is 128 Å². The number of benzene rings is 1. The highest BCUT2D eigenvalue weighted by Gasteiger charge is 2.37. The average Bonchev–Trinajstić information content (AvgIpc) is 2.97. The normalized spacial score (nSPS) is 25.2. The molecule has 0 bridgehead atoms. The van der Waals surface area contributed by atoms with Gasteiger partial charge in [0.2, 0.25) is 5.91 Å². The van der Waals surface area contributed by atoms with Crippen molar-refractivity contribution in [2.75, 3.05) is 26.4 Å². The van der Waals surface area contributed by atoms with Gasteiger partial charge in [0.15, 0.2) is 0 Å². The maximum Gasteiger partial charge on any atom is 0.244 e. The molecule has 0 saturated carbocycles. The van der Waals surface area contributed by atoms with E-state index in [0.717, 1.165) is 17.3 Å². The molecule has 6 nitrogen and oxygen atoms in total. The molecule has 2 aliphatic heterocycles. The number of carbonyl (C=O) groups excluding carboxylic acids is 1. The predicted molar refractivity (Wildman–Crippen MR) is 80.4 cm³/mol. The van der Waals surface area contributed by atoms with Gasteiger partial charge in [-0.2, -0.15) is 5.10 Å². The lowest BCUT2D eigenvalue weighted by molar-refractivity contribution is -0.162. The van der Waals surface area contributed by atoms with E-state index >= 15 is 0 Å². The third-order valence-corrected chi connectivity index (χ3v) is 4.49. The van der Waals surface area contributed by atoms with Gasteiger partial charge in [-0.1, -0.05) is 18.2 Å². The molecule has 0 spiro atoms. The van der Waals surface area contributed by atoms with E-state index in [-0.39, 0.29) is 24.6 Å². The lowest BCUT2D eigenvalue weighted by Crippen LogP contribution is -2.58. The van der Waals surface area contributed by atoms with Crippen molar-refractivity contribution in [2.45, 2.75) is 25.1 Å². The average molecular weight is 301 g/mol. The molecule has 0 radical (unpaired) electrons. The standard InChI is InChI=1S/C16H19N3O3/c20-16(10-19-13-4-2-1-3-12(13)9-17-19)18-6-8-22-15-11-21-7-5-14(15)18/h1-4,9,14-15H,5-8,10-11H2/t14-,15+/m0/s1. The van der Waals surface area contributed by atoms with Gasteiger partial charge in [0, 0.05) is 18.5 Å². The van der Waals surface area contributed by atoms with Crippen LogP contribution in [0.4, 0.5) is 0 Å². The first kappa shape index (κ1) is 13.7. The fraction of sp³-hybridized carbons (Fsp3) is 0.500. The highest BCUT2D eigenvalue weighted by molar-refractivity contribution is 5.82. The van der Waals surface area contributed by atoms with E-state index in [2.05, 4.69) is 5.10 Å². The minimum absolute atomic E-state index is 0.0146. The molecule has 2 aromatic rings. The first-order valence-corrected chi connectivity index (χ1v) is 7.72. The van der Waals surface area contributed by atoms with E-state index in [1.165, 1.54) is 0 Å². The molecule has 116 valence electrons. The van der Waals surface area contributed by atoms with Crippen LogP contribution in [0.5, 0.6) is 0 Å². The van der Waals surface area contributed by atoms with Crippen molar-refractivity contribution < 1.29 is 14.3 Å². The quantitative estimate of drug-likeness (QED) is 0.832. The molecule has 6 heteroatoms. The van der Waals surface area contributed by atoms with Crippen molar-refractivity contribution in [3.05, 3.63) is 30.5 Å². The Bertz CT molecular complexity index is 682. The number of ether oxygens (including phenoxy) is 2. The van der Waals surface area contributed by atoms with Crippen LogP contribution in [-0.4, -0.2) is 59.1 Å². The summed E-state index contributed by atoms with van der Waals surface area (Å²) in [5.74, 6) is 0.106. The lowest BCUT2D eigenvalue weighted by atomic mass is 10.0. The van der Waals surface area contributed by atoms with E-state index in [4.69, 9.17) is 9.47 Å². The SMILES string of the molecule is O=C(Cn1ncc2ccccc21)N1CCO[C@@H]2COCC[C@@H]21. The van der Waals surface area contributed by atoms with Gasteiger partial charge in [-0.25, -0.2) is 0 Å². The van der Waals surface area contributed by atoms with E-state index in [0.29, 0.717) is 26.4 Å². The number of para-hydroxylation sites is 1. The number of nitrogens with zero attached hydrogens (tertiary/aromatic N) is 3. The second-order valence-electron chi connectivity index (χ2n) is 5.79. The van der Waals surface area contributed by atoms with Crippen LogP contribution in [0.1, 0.15) is 6.42 Å².